The molecule has 0 spiro atoms. The molecule has 0 bridgehead atoms. The first kappa shape index (κ1) is 16.7. The lowest BCUT2D eigenvalue weighted by molar-refractivity contribution is 0.0199. The molecular formula is C11H22F2N2O3S. The van der Waals surface area contributed by atoms with Gasteiger partial charge < -0.3 is 10.1 Å². The van der Waals surface area contributed by atoms with Crippen LogP contribution in [-0.2, 0) is 14.8 Å². The van der Waals surface area contributed by atoms with E-state index in [1.165, 1.54) is 0 Å². The highest BCUT2D eigenvalue weighted by atomic mass is 32.2. The van der Waals surface area contributed by atoms with Crippen molar-refractivity contribution in [2.45, 2.75) is 25.7 Å². The molecule has 5 nitrogen and oxygen atoms in total. The fourth-order valence-electron chi connectivity index (χ4n) is 2.01. The third-order valence-electron chi connectivity index (χ3n) is 3.07. The normalized spacial score (nSPS) is 18.1. The van der Waals surface area contributed by atoms with Crippen LogP contribution in [0.4, 0.5) is 8.78 Å². The molecule has 8 heteroatoms. The number of nitrogens with one attached hydrogen (secondary N) is 2. The minimum atomic E-state index is -3.32. The minimum Gasteiger partial charge on any atom is -0.374 e. The van der Waals surface area contributed by atoms with Crippen LogP contribution in [0.1, 0.15) is 19.3 Å². The number of sulfonamides is 1. The molecule has 1 aliphatic heterocycles. The van der Waals surface area contributed by atoms with E-state index in [1.54, 1.807) is 0 Å². The SMILES string of the molecule is O=S(=O)(CCC1CCNCC1)NCCOCC(F)F. The van der Waals surface area contributed by atoms with Gasteiger partial charge in [0.1, 0.15) is 6.61 Å². The van der Waals surface area contributed by atoms with Crippen molar-refractivity contribution in [1.82, 2.24) is 10.0 Å². The zero-order valence-corrected chi connectivity index (χ0v) is 11.7. The second-order valence-electron chi connectivity index (χ2n) is 4.66. The molecule has 0 amide bonds. The highest BCUT2D eigenvalue weighted by Crippen LogP contribution is 2.16. The van der Waals surface area contributed by atoms with Gasteiger partial charge in [0.05, 0.1) is 12.4 Å². The number of alkyl halides is 2. The number of hydrogen-bond donors (Lipinski definition) is 2. The predicted molar refractivity (Wildman–Crippen MR) is 68.8 cm³/mol. The smallest absolute Gasteiger partial charge is 0.261 e. The van der Waals surface area contributed by atoms with Gasteiger partial charge in [0.2, 0.25) is 10.0 Å². The van der Waals surface area contributed by atoms with Crippen LogP contribution in [0.2, 0.25) is 0 Å². The number of rotatable bonds is 9. The maximum atomic E-state index is 11.8. The second kappa shape index (κ2) is 8.78. The summed E-state index contributed by atoms with van der Waals surface area (Å²) in [6, 6.07) is 0. The molecule has 0 radical (unpaired) electrons. The topological polar surface area (TPSA) is 67.4 Å². The molecule has 0 aromatic rings. The summed E-state index contributed by atoms with van der Waals surface area (Å²) in [5.74, 6) is 0.542. The van der Waals surface area contributed by atoms with Gasteiger partial charge in [-0.1, -0.05) is 0 Å². The summed E-state index contributed by atoms with van der Waals surface area (Å²) in [4.78, 5) is 0. The lowest BCUT2D eigenvalue weighted by Gasteiger charge is -2.22. The van der Waals surface area contributed by atoms with Gasteiger partial charge in [-0.2, -0.15) is 0 Å². The molecule has 2 N–H and O–H groups in total. The standard InChI is InChI=1S/C11H22F2N2O3S/c12-11(13)9-18-7-6-15-19(16,17)8-3-10-1-4-14-5-2-10/h10-11,14-15H,1-9H2. The molecule has 0 aromatic carbocycles. The van der Waals surface area contributed by atoms with E-state index in [4.69, 9.17) is 0 Å². The van der Waals surface area contributed by atoms with Gasteiger partial charge in [-0.25, -0.2) is 21.9 Å². The van der Waals surface area contributed by atoms with Crippen molar-refractivity contribution < 1.29 is 21.9 Å². The van der Waals surface area contributed by atoms with Crippen molar-refractivity contribution in [3.8, 4) is 0 Å². The van der Waals surface area contributed by atoms with E-state index in [-0.39, 0.29) is 18.9 Å². The van der Waals surface area contributed by atoms with Gasteiger partial charge in [0.25, 0.3) is 6.43 Å². The predicted octanol–water partition coefficient (Wildman–Crippen LogP) is 0.577. The first-order valence-electron chi connectivity index (χ1n) is 6.53. The lowest BCUT2D eigenvalue weighted by atomic mass is 9.96. The summed E-state index contributed by atoms with van der Waals surface area (Å²) in [5, 5.41) is 3.23. The molecule has 114 valence electrons. The van der Waals surface area contributed by atoms with E-state index in [1.807, 2.05) is 0 Å². The molecule has 1 rings (SSSR count). The Morgan fingerprint density at radius 1 is 1.32 bits per heavy atom. The Morgan fingerprint density at radius 3 is 2.63 bits per heavy atom. The molecular weight excluding hydrogens is 278 g/mol. The molecule has 0 aromatic heterocycles. The summed E-state index contributed by atoms with van der Waals surface area (Å²) in [7, 11) is -3.32. The van der Waals surface area contributed by atoms with Crippen molar-refractivity contribution in [2.75, 3.05) is 38.6 Å². The molecule has 0 atom stereocenters. The van der Waals surface area contributed by atoms with Crippen molar-refractivity contribution in [3.63, 3.8) is 0 Å². The summed E-state index contributed by atoms with van der Waals surface area (Å²) in [6.45, 7) is 1.24. The monoisotopic (exact) mass is 300 g/mol. The van der Waals surface area contributed by atoms with Crippen LogP contribution in [0.5, 0.6) is 0 Å². The third-order valence-corrected chi connectivity index (χ3v) is 4.48. The number of halogens is 2. The molecule has 0 unspecified atom stereocenters. The Morgan fingerprint density at radius 2 is 2.00 bits per heavy atom. The Balaban J connectivity index is 2.09. The van der Waals surface area contributed by atoms with Crippen LogP contribution < -0.4 is 10.0 Å². The van der Waals surface area contributed by atoms with Crippen LogP contribution in [-0.4, -0.2) is 53.4 Å². The summed E-state index contributed by atoms with van der Waals surface area (Å²) >= 11 is 0. The largest absolute Gasteiger partial charge is 0.374 e. The van der Waals surface area contributed by atoms with Gasteiger partial charge in [-0.05, 0) is 38.3 Å². The fourth-order valence-corrected chi connectivity index (χ4v) is 3.19. The van der Waals surface area contributed by atoms with Crippen LogP contribution in [0.25, 0.3) is 0 Å². The van der Waals surface area contributed by atoms with E-state index < -0.39 is 23.1 Å². The van der Waals surface area contributed by atoms with Gasteiger partial charge >= 0.3 is 0 Å². The van der Waals surface area contributed by atoms with Crippen molar-refractivity contribution in [3.05, 3.63) is 0 Å². The highest BCUT2D eigenvalue weighted by molar-refractivity contribution is 7.89. The number of piperidine rings is 1. The molecule has 0 aliphatic carbocycles. The van der Waals surface area contributed by atoms with Gasteiger partial charge in [0.15, 0.2) is 0 Å². The Hall–Kier alpha value is -0.310. The van der Waals surface area contributed by atoms with Crippen molar-refractivity contribution in [1.29, 1.82) is 0 Å². The average molecular weight is 300 g/mol. The van der Waals surface area contributed by atoms with Crippen LogP contribution in [0.15, 0.2) is 0 Å². The number of hydrogen-bond acceptors (Lipinski definition) is 4. The van der Waals surface area contributed by atoms with E-state index in [9.17, 15) is 17.2 Å². The zero-order valence-electron chi connectivity index (χ0n) is 10.9. The van der Waals surface area contributed by atoms with E-state index in [0.29, 0.717) is 12.3 Å². The first-order valence-corrected chi connectivity index (χ1v) is 8.19. The van der Waals surface area contributed by atoms with Crippen LogP contribution >= 0.6 is 0 Å². The first-order chi connectivity index (χ1) is 8.99. The quantitative estimate of drug-likeness (QED) is 0.611. The van der Waals surface area contributed by atoms with Gasteiger partial charge in [-0.15, -0.1) is 0 Å². The summed E-state index contributed by atoms with van der Waals surface area (Å²) in [6.07, 6.45) is 0.145. The van der Waals surface area contributed by atoms with Crippen LogP contribution in [0.3, 0.4) is 0 Å². The van der Waals surface area contributed by atoms with Crippen molar-refractivity contribution >= 4 is 10.0 Å². The minimum absolute atomic E-state index is 0.0308. The maximum absolute atomic E-state index is 11.8. The van der Waals surface area contributed by atoms with Gasteiger partial charge in [-0.3, -0.25) is 0 Å². The van der Waals surface area contributed by atoms with E-state index in [0.717, 1.165) is 25.9 Å². The Bertz CT molecular complexity index is 333. The zero-order chi connectivity index (χ0) is 14.1. The average Bonchev–Trinajstić information content (AvgIpc) is 2.37. The van der Waals surface area contributed by atoms with Crippen molar-refractivity contribution in [2.24, 2.45) is 5.92 Å². The molecule has 0 saturated carbocycles. The third kappa shape index (κ3) is 8.46. The van der Waals surface area contributed by atoms with E-state index >= 15 is 0 Å². The Labute approximate surface area is 113 Å². The highest BCUT2D eigenvalue weighted by Gasteiger charge is 2.17. The fraction of sp³-hybridized carbons (Fsp3) is 1.00. The molecule has 1 saturated heterocycles. The van der Waals surface area contributed by atoms with Crippen LogP contribution in [0, 0.1) is 5.92 Å². The molecule has 1 aliphatic rings. The summed E-state index contributed by atoms with van der Waals surface area (Å²) in [5.41, 5.74) is 0. The molecule has 1 heterocycles. The summed E-state index contributed by atoms with van der Waals surface area (Å²) < 4.78 is 53.7. The number of ether oxygens (including phenoxy) is 1. The van der Waals surface area contributed by atoms with E-state index in [2.05, 4.69) is 14.8 Å². The lowest BCUT2D eigenvalue weighted by Crippen LogP contribution is -2.33. The molecule has 19 heavy (non-hydrogen) atoms. The maximum Gasteiger partial charge on any atom is 0.261 e. The van der Waals surface area contributed by atoms with Gasteiger partial charge in [0, 0.05) is 6.54 Å². The molecule has 1 fully saturated rings. The second-order valence-corrected chi connectivity index (χ2v) is 6.59. The Kier molecular flexibility index (Phi) is 7.74.